The zero-order valence-electron chi connectivity index (χ0n) is 13.1. The van der Waals surface area contributed by atoms with E-state index in [1.807, 2.05) is 13.0 Å². The maximum Gasteiger partial charge on any atom is 0.0657 e. The van der Waals surface area contributed by atoms with Crippen LogP contribution in [0.25, 0.3) is 0 Å². The van der Waals surface area contributed by atoms with E-state index in [0.29, 0.717) is 0 Å². The molecule has 0 radical (unpaired) electrons. The van der Waals surface area contributed by atoms with Crippen LogP contribution < -0.4 is 9.80 Å². The van der Waals surface area contributed by atoms with Gasteiger partial charge >= 0.3 is 0 Å². The summed E-state index contributed by atoms with van der Waals surface area (Å²) < 4.78 is 0. The molecule has 0 bridgehead atoms. The summed E-state index contributed by atoms with van der Waals surface area (Å²) in [5, 5.41) is 0. The first-order valence-corrected chi connectivity index (χ1v) is 7.04. The minimum Gasteiger partial charge on any atom is -0.341 e. The first-order chi connectivity index (χ1) is 9.41. The van der Waals surface area contributed by atoms with Crippen molar-refractivity contribution in [3.8, 4) is 0 Å². The van der Waals surface area contributed by atoms with Crippen molar-refractivity contribution in [3.63, 3.8) is 0 Å². The van der Waals surface area contributed by atoms with E-state index in [9.17, 15) is 0 Å². The largest absolute Gasteiger partial charge is 0.341 e. The third kappa shape index (κ3) is 2.26. The molecule has 106 valence electrons. The van der Waals surface area contributed by atoms with Gasteiger partial charge in [0, 0.05) is 12.6 Å². The molecule has 0 aromatic heterocycles. The van der Waals surface area contributed by atoms with Crippen molar-refractivity contribution in [2.24, 2.45) is 0 Å². The first kappa shape index (κ1) is 14.4. The topological polar surface area (TPSA) is 6.48 Å². The van der Waals surface area contributed by atoms with Crippen LogP contribution in [-0.4, -0.2) is 12.6 Å². The molecule has 0 saturated heterocycles. The van der Waals surface area contributed by atoms with Crippen LogP contribution in [0, 0.1) is 0 Å². The van der Waals surface area contributed by atoms with Crippen LogP contribution >= 0.6 is 0 Å². The Hall–Kier alpha value is -1.96. The van der Waals surface area contributed by atoms with Gasteiger partial charge in [0.25, 0.3) is 0 Å². The molecule has 20 heavy (non-hydrogen) atoms. The second-order valence-corrected chi connectivity index (χ2v) is 6.03. The van der Waals surface area contributed by atoms with E-state index in [0.717, 1.165) is 5.70 Å². The Bertz CT molecular complexity index is 573. The maximum absolute atomic E-state index is 4.03. The maximum atomic E-state index is 4.03. The van der Waals surface area contributed by atoms with Gasteiger partial charge in [-0.25, -0.2) is 0 Å². The van der Waals surface area contributed by atoms with Crippen molar-refractivity contribution in [3.05, 3.63) is 60.5 Å². The Morgan fingerprint density at radius 3 is 2.15 bits per heavy atom. The van der Waals surface area contributed by atoms with Crippen LogP contribution in [-0.2, 0) is 0 Å². The lowest BCUT2D eigenvalue weighted by molar-refractivity contribution is 0.541. The first-order valence-electron chi connectivity index (χ1n) is 7.04. The third-order valence-electron chi connectivity index (χ3n) is 3.54. The second-order valence-electron chi connectivity index (χ2n) is 6.03. The van der Waals surface area contributed by atoms with Crippen LogP contribution in [0.1, 0.15) is 27.7 Å². The number of rotatable bonds is 2. The van der Waals surface area contributed by atoms with Gasteiger partial charge in [-0.15, -0.1) is 0 Å². The highest BCUT2D eigenvalue weighted by atomic mass is 15.3. The molecule has 2 nitrogen and oxygen atoms in total. The molecule has 1 aromatic rings. The molecule has 0 N–H and O–H groups in total. The fourth-order valence-electron chi connectivity index (χ4n) is 2.76. The molecule has 0 unspecified atom stereocenters. The lowest BCUT2D eigenvalue weighted by Gasteiger charge is -2.45. The van der Waals surface area contributed by atoms with Gasteiger partial charge in [-0.3, -0.25) is 0 Å². The highest BCUT2D eigenvalue weighted by molar-refractivity contribution is 5.81. The number of benzene rings is 1. The van der Waals surface area contributed by atoms with Gasteiger partial charge in [-0.05, 0) is 52.0 Å². The molecule has 1 heterocycles. The smallest absolute Gasteiger partial charge is 0.0657 e. The van der Waals surface area contributed by atoms with Crippen molar-refractivity contribution >= 4 is 11.4 Å². The van der Waals surface area contributed by atoms with Gasteiger partial charge in [0.05, 0.1) is 22.8 Å². The zero-order valence-corrected chi connectivity index (χ0v) is 13.1. The number of nitrogens with zero attached hydrogens (tertiary/aromatic N) is 2. The Labute approximate surface area is 122 Å². The predicted molar refractivity (Wildman–Crippen MR) is 89.1 cm³/mol. The Balaban J connectivity index is 2.76. The molecule has 0 saturated carbocycles. The molecule has 0 spiro atoms. The third-order valence-corrected chi connectivity index (χ3v) is 3.54. The Morgan fingerprint density at radius 2 is 1.65 bits per heavy atom. The summed E-state index contributed by atoms with van der Waals surface area (Å²) in [5.41, 5.74) is 4.77. The van der Waals surface area contributed by atoms with Gasteiger partial charge in [-0.1, -0.05) is 24.8 Å². The Morgan fingerprint density at radius 1 is 1.05 bits per heavy atom. The lowest BCUT2D eigenvalue weighted by Crippen LogP contribution is -2.45. The summed E-state index contributed by atoms with van der Waals surface area (Å²) in [5.74, 6) is 0. The molecular formula is C18H24N2. The van der Waals surface area contributed by atoms with Crippen LogP contribution in [0.4, 0.5) is 11.4 Å². The van der Waals surface area contributed by atoms with E-state index in [1.165, 1.54) is 17.1 Å². The molecule has 2 rings (SSSR count). The molecule has 2 heteroatoms. The van der Waals surface area contributed by atoms with Crippen LogP contribution in [0.5, 0.6) is 0 Å². The summed E-state index contributed by atoms with van der Waals surface area (Å²) in [4.78, 5) is 4.60. The average molecular weight is 268 g/mol. The Kier molecular flexibility index (Phi) is 3.76. The van der Waals surface area contributed by atoms with Crippen molar-refractivity contribution < 1.29 is 0 Å². The fraction of sp³-hybridized carbons (Fsp3) is 0.333. The predicted octanol–water partition coefficient (Wildman–Crippen LogP) is 4.72. The number of hydrogen-bond acceptors (Lipinski definition) is 2. The quantitative estimate of drug-likeness (QED) is 0.766. The molecule has 0 atom stereocenters. The minimum atomic E-state index is -0.00623. The van der Waals surface area contributed by atoms with Crippen molar-refractivity contribution in [2.45, 2.75) is 33.2 Å². The van der Waals surface area contributed by atoms with Crippen molar-refractivity contribution in [1.29, 1.82) is 0 Å². The number of likely N-dealkylation sites (N-methyl/N-ethyl adjacent to an activating group) is 1. The molecule has 0 aliphatic carbocycles. The lowest BCUT2D eigenvalue weighted by atomic mass is 9.98. The van der Waals surface area contributed by atoms with E-state index in [-0.39, 0.29) is 5.54 Å². The van der Waals surface area contributed by atoms with Gasteiger partial charge < -0.3 is 9.80 Å². The van der Waals surface area contributed by atoms with E-state index in [4.69, 9.17) is 0 Å². The van der Waals surface area contributed by atoms with Gasteiger partial charge in [0.1, 0.15) is 0 Å². The van der Waals surface area contributed by atoms with Crippen LogP contribution in [0.2, 0.25) is 0 Å². The van der Waals surface area contributed by atoms with E-state index < -0.39 is 0 Å². The monoisotopic (exact) mass is 268 g/mol. The summed E-state index contributed by atoms with van der Waals surface area (Å²) in [7, 11) is 2.11. The molecule has 1 aliphatic rings. The highest BCUT2D eigenvalue weighted by Crippen LogP contribution is 2.43. The van der Waals surface area contributed by atoms with Gasteiger partial charge in [0.15, 0.2) is 0 Å². The average Bonchev–Trinajstić information content (AvgIpc) is 2.40. The zero-order chi connectivity index (χ0) is 14.9. The molecule has 0 amide bonds. The van der Waals surface area contributed by atoms with Crippen molar-refractivity contribution in [1.82, 2.24) is 0 Å². The minimum absolute atomic E-state index is 0.00623. The number of hydrogen-bond donors (Lipinski definition) is 0. The molecule has 1 aliphatic heterocycles. The summed E-state index contributed by atoms with van der Waals surface area (Å²) in [6, 6.07) is 8.51. The standard InChI is InChI=1S/C18H24N2/c1-7-11-15-14(8-2)20(18(3,4)5)17-13-10-9-12-16(17)19(15)6/h7-13H,2H2,1,3-6H3/b11-7-. The number of allylic oxidation sites excluding steroid dienone is 3. The van der Waals surface area contributed by atoms with Gasteiger partial charge in [-0.2, -0.15) is 0 Å². The molecular weight excluding hydrogens is 244 g/mol. The summed E-state index contributed by atoms with van der Waals surface area (Å²) in [6.07, 6.45) is 6.17. The number of para-hydroxylation sites is 2. The fourth-order valence-corrected chi connectivity index (χ4v) is 2.76. The van der Waals surface area contributed by atoms with Crippen LogP contribution in [0.3, 0.4) is 0 Å². The van der Waals surface area contributed by atoms with Gasteiger partial charge in [0.2, 0.25) is 0 Å². The highest BCUT2D eigenvalue weighted by Gasteiger charge is 2.32. The summed E-state index contributed by atoms with van der Waals surface area (Å²) >= 11 is 0. The second kappa shape index (κ2) is 5.20. The molecule has 1 aromatic carbocycles. The van der Waals surface area contributed by atoms with E-state index >= 15 is 0 Å². The normalized spacial score (nSPS) is 15.8. The number of anilines is 2. The van der Waals surface area contributed by atoms with E-state index in [1.54, 1.807) is 0 Å². The van der Waals surface area contributed by atoms with Crippen molar-refractivity contribution in [2.75, 3.05) is 16.8 Å². The number of fused-ring (bicyclic) bond motifs is 1. The summed E-state index contributed by atoms with van der Waals surface area (Å²) in [6.45, 7) is 12.8. The van der Waals surface area contributed by atoms with E-state index in [2.05, 4.69) is 80.6 Å². The molecule has 0 fully saturated rings. The SMILES string of the molecule is C=CC1=C(/C=C\C)N(C)c2ccccc2N1C(C)(C)C. The van der Waals surface area contributed by atoms with Crippen LogP contribution in [0.15, 0.2) is 60.5 Å².